The van der Waals surface area contributed by atoms with Crippen LogP contribution in [0.3, 0.4) is 0 Å². The third kappa shape index (κ3) is 2.84. The number of carbonyl (C=O) groups is 2. The lowest BCUT2D eigenvalue weighted by Gasteiger charge is -2.36. The van der Waals surface area contributed by atoms with E-state index in [-0.39, 0.29) is 23.8 Å². The molecule has 1 aliphatic heterocycles. The molecule has 0 bridgehead atoms. The monoisotopic (exact) mass is 306 g/mol. The fourth-order valence-electron chi connectivity index (χ4n) is 3.36. The number of fused-ring (bicyclic) bond motifs is 1. The second kappa shape index (κ2) is 5.79. The molecule has 1 aliphatic carbocycles. The van der Waals surface area contributed by atoms with E-state index in [1.807, 2.05) is 4.90 Å². The van der Waals surface area contributed by atoms with Crippen molar-refractivity contribution >= 4 is 23.2 Å². The van der Waals surface area contributed by atoms with E-state index in [4.69, 9.17) is 5.73 Å². The maximum atomic E-state index is 12.8. The number of hydrogen-bond donors (Lipinski definition) is 1. The third-order valence-electron chi connectivity index (χ3n) is 4.75. The van der Waals surface area contributed by atoms with Gasteiger partial charge in [0.05, 0.1) is 10.8 Å². The first-order valence-corrected chi connectivity index (χ1v) is 8.59. The number of nitrogens with zero attached hydrogens (tertiary/aromatic N) is 1. The third-order valence-corrected chi connectivity index (χ3v) is 5.98. The highest BCUT2D eigenvalue weighted by atomic mass is 32.1. The first kappa shape index (κ1) is 14.6. The van der Waals surface area contributed by atoms with E-state index < -0.39 is 0 Å². The molecule has 1 aromatic rings. The Bertz CT molecular complexity index is 543. The van der Waals surface area contributed by atoms with Crippen LogP contribution in [0, 0.1) is 5.92 Å². The summed E-state index contributed by atoms with van der Waals surface area (Å²) in [5, 5.41) is 0. The van der Waals surface area contributed by atoms with Crippen molar-refractivity contribution in [2.75, 3.05) is 6.54 Å². The Kier molecular flexibility index (Phi) is 4.02. The van der Waals surface area contributed by atoms with E-state index in [1.54, 1.807) is 11.3 Å². The van der Waals surface area contributed by atoms with Crippen LogP contribution in [0.15, 0.2) is 6.07 Å². The van der Waals surface area contributed by atoms with Gasteiger partial charge in [0.15, 0.2) is 0 Å². The fourth-order valence-corrected chi connectivity index (χ4v) is 4.57. The molecule has 4 nitrogen and oxygen atoms in total. The lowest BCUT2D eigenvalue weighted by molar-refractivity contribution is -0.123. The van der Waals surface area contributed by atoms with E-state index in [0.717, 1.165) is 30.6 Å². The van der Waals surface area contributed by atoms with Gasteiger partial charge in [-0.05, 0) is 57.1 Å². The number of likely N-dealkylation sites (tertiary alicyclic amines) is 1. The molecule has 5 heteroatoms. The van der Waals surface area contributed by atoms with E-state index in [9.17, 15) is 9.59 Å². The number of amides is 2. The summed E-state index contributed by atoms with van der Waals surface area (Å²) in [6.45, 7) is 2.53. The van der Waals surface area contributed by atoms with Crippen LogP contribution >= 0.6 is 11.3 Å². The number of thiophene rings is 1. The van der Waals surface area contributed by atoms with E-state index in [2.05, 4.69) is 13.0 Å². The number of primary amides is 1. The largest absolute Gasteiger partial charge is 0.369 e. The smallest absolute Gasteiger partial charge is 0.264 e. The molecule has 114 valence electrons. The number of nitrogens with two attached hydrogens (primary N) is 1. The van der Waals surface area contributed by atoms with Gasteiger partial charge in [-0.2, -0.15) is 0 Å². The van der Waals surface area contributed by atoms with Crippen LogP contribution in [0.25, 0.3) is 0 Å². The van der Waals surface area contributed by atoms with Crippen molar-refractivity contribution < 1.29 is 9.59 Å². The summed E-state index contributed by atoms with van der Waals surface area (Å²) in [6, 6.07) is 2.26. The maximum Gasteiger partial charge on any atom is 0.264 e. The average Bonchev–Trinajstić information content (AvgIpc) is 2.90. The zero-order chi connectivity index (χ0) is 15.0. The summed E-state index contributed by atoms with van der Waals surface area (Å²) < 4.78 is 0. The highest BCUT2D eigenvalue weighted by Crippen LogP contribution is 2.32. The maximum absolute atomic E-state index is 12.8. The first-order chi connectivity index (χ1) is 10.1. The topological polar surface area (TPSA) is 63.4 Å². The van der Waals surface area contributed by atoms with Crippen molar-refractivity contribution in [3.8, 4) is 0 Å². The summed E-state index contributed by atoms with van der Waals surface area (Å²) in [4.78, 5) is 28.2. The Morgan fingerprint density at radius 2 is 2.05 bits per heavy atom. The molecule has 0 aromatic carbocycles. The molecular weight excluding hydrogens is 284 g/mol. The van der Waals surface area contributed by atoms with Crippen LogP contribution in [-0.2, 0) is 17.6 Å². The normalized spacial score (nSPS) is 25.5. The predicted molar refractivity (Wildman–Crippen MR) is 83.4 cm³/mol. The molecule has 2 aliphatic rings. The van der Waals surface area contributed by atoms with Crippen LogP contribution in [0.5, 0.6) is 0 Å². The molecular formula is C16H22N2O2S. The second-order valence-corrected chi connectivity index (χ2v) is 7.39. The molecule has 21 heavy (non-hydrogen) atoms. The van der Waals surface area contributed by atoms with Crippen LogP contribution < -0.4 is 5.73 Å². The molecule has 2 N–H and O–H groups in total. The summed E-state index contributed by atoms with van der Waals surface area (Å²) in [5.74, 6) is -0.405. The van der Waals surface area contributed by atoms with Gasteiger partial charge in [-0.25, -0.2) is 0 Å². The van der Waals surface area contributed by atoms with Crippen LogP contribution in [0.4, 0.5) is 0 Å². The molecule has 0 spiro atoms. The van der Waals surface area contributed by atoms with Gasteiger partial charge in [-0.1, -0.05) is 0 Å². The Labute approximate surface area is 129 Å². The SMILES string of the molecule is C[C@@H]1CC[C@@H](C(N)=O)CN1C(=O)c1cc2c(s1)CCCC2. The fraction of sp³-hybridized carbons (Fsp3) is 0.625. The lowest BCUT2D eigenvalue weighted by atomic mass is 9.92. The van der Waals surface area contributed by atoms with Crippen molar-refractivity contribution in [3.05, 3.63) is 21.4 Å². The highest BCUT2D eigenvalue weighted by Gasteiger charge is 2.33. The Balaban J connectivity index is 1.79. The van der Waals surface area contributed by atoms with E-state index in [0.29, 0.717) is 6.54 Å². The number of rotatable bonds is 2. The molecule has 1 aromatic heterocycles. The minimum absolute atomic E-state index is 0.0767. The van der Waals surface area contributed by atoms with Gasteiger partial charge in [0, 0.05) is 17.5 Å². The number of aryl methyl sites for hydroxylation is 2. The number of hydrogen-bond acceptors (Lipinski definition) is 3. The standard InChI is InChI=1S/C16H22N2O2S/c1-10-6-7-12(15(17)19)9-18(10)16(20)14-8-11-4-2-3-5-13(11)21-14/h8,10,12H,2-7,9H2,1H3,(H2,17,19)/t10-,12-/m1/s1. The summed E-state index contributed by atoms with van der Waals surface area (Å²) in [6.07, 6.45) is 6.29. The molecule has 1 fully saturated rings. The van der Waals surface area contributed by atoms with Crippen LogP contribution in [-0.4, -0.2) is 29.3 Å². The minimum Gasteiger partial charge on any atom is -0.369 e. The average molecular weight is 306 g/mol. The van der Waals surface area contributed by atoms with Gasteiger partial charge in [-0.15, -0.1) is 11.3 Å². The molecule has 2 heterocycles. The Morgan fingerprint density at radius 1 is 1.29 bits per heavy atom. The number of carbonyl (C=O) groups excluding carboxylic acids is 2. The second-order valence-electron chi connectivity index (χ2n) is 6.25. The molecule has 1 saturated heterocycles. The highest BCUT2D eigenvalue weighted by molar-refractivity contribution is 7.14. The van der Waals surface area contributed by atoms with Gasteiger partial charge in [0.2, 0.25) is 5.91 Å². The van der Waals surface area contributed by atoms with Crippen molar-refractivity contribution in [1.29, 1.82) is 0 Å². The molecule has 0 radical (unpaired) electrons. The Hall–Kier alpha value is -1.36. The van der Waals surface area contributed by atoms with E-state index in [1.165, 1.54) is 23.3 Å². The summed E-state index contributed by atoms with van der Waals surface area (Å²) >= 11 is 1.64. The molecule has 2 atom stereocenters. The van der Waals surface area contributed by atoms with Gasteiger partial charge < -0.3 is 10.6 Å². The molecule has 0 saturated carbocycles. The molecule has 0 unspecified atom stereocenters. The van der Waals surface area contributed by atoms with Crippen molar-refractivity contribution in [1.82, 2.24) is 4.90 Å². The first-order valence-electron chi connectivity index (χ1n) is 7.78. The van der Waals surface area contributed by atoms with Crippen LogP contribution in [0.1, 0.15) is 52.7 Å². The zero-order valence-electron chi connectivity index (χ0n) is 12.4. The van der Waals surface area contributed by atoms with Gasteiger partial charge in [0.25, 0.3) is 5.91 Å². The predicted octanol–water partition coefficient (Wildman–Crippen LogP) is 2.35. The van der Waals surface area contributed by atoms with E-state index >= 15 is 0 Å². The van der Waals surface area contributed by atoms with Crippen molar-refractivity contribution in [2.45, 2.75) is 51.5 Å². The van der Waals surface area contributed by atoms with Crippen LogP contribution in [0.2, 0.25) is 0 Å². The lowest BCUT2D eigenvalue weighted by Crippen LogP contribution is -2.48. The summed E-state index contributed by atoms with van der Waals surface area (Å²) in [5.41, 5.74) is 6.77. The molecule has 2 amide bonds. The molecule has 3 rings (SSSR count). The number of piperidine rings is 1. The minimum atomic E-state index is -0.287. The van der Waals surface area contributed by atoms with Gasteiger partial charge in [0.1, 0.15) is 0 Å². The summed E-state index contributed by atoms with van der Waals surface area (Å²) in [7, 11) is 0. The van der Waals surface area contributed by atoms with Crippen molar-refractivity contribution in [3.63, 3.8) is 0 Å². The zero-order valence-corrected chi connectivity index (χ0v) is 13.2. The van der Waals surface area contributed by atoms with Crippen molar-refractivity contribution in [2.24, 2.45) is 11.7 Å². The quantitative estimate of drug-likeness (QED) is 0.911. The van der Waals surface area contributed by atoms with Gasteiger partial charge >= 0.3 is 0 Å². The Morgan fingerprint density at radius 3 is 2.76 bits per heavy atom. The van der Waals surface area contributed by atoms with Gasteiger partial charge in [-0.3, -0.25) is 9.59 Å².